The molecule has 17 heavy (non-hydrogen) atoms. The molecule has 1 N–H and O–H groups in total. The molecule has 1 heterocycles. The Morgan fingerprint density at radius 3 is 2.88 bits per heavy atom. The zero-order chi connectivity index (χ0) is 12.7. The third-order valence-electron chi connectivity index (χ3n) is 2.36. The Labute approximate surface area is 99.7 Å². The molecule has 0 saturated heterocycles. The van der Waals surface area contributed by atoms with E-state index >= 15 is 0 Å². The van der Waals surface area contributed by atoms with Crippen LogP contribution in [0.3, 0.4) is 0 Å². The first-order valence-corrected chi connectivity index (χ1v) is 5.74. The van der Waals surface area contributed by atoms with Crippen molar-refractivity contribution < 1.29 is 4.74 Å². The highest BCUT2D eigenvalue weighted by atomic mass is 16.5. The number of aromatic nitrogens is 2. The second-order valence-corrected chi connectivity index (χ2v) is 3.72. The predicted octanol–water partition coefficient (Wildman–Crippen LogP) is 1.43. The van der Waals surface area contributed by atoms with Gasteiger partial charge >= 0.3 is 5.69 Å². The van der Waals surface area contributed by atoms with Crippen molar-refractivity contribution in [3.8, 4) is 0 Å². The van der Waals surface area contributed by atoms with E-state index in [9.17, 15) is 9.59 Å². The number of H-pyrrole nitrogens is 1. The van der Waals surface area contributed by atoms with Gasteiger partial charge in [-0.2, -0.15) is 0 Å². The topological polar surface area (TPSA) is 64.1 Å². The first-order chi connectivity index (χ1) is 8.19. The molecule has 0 radical (unpaired) electrons. The van der Waals surface area contributed by atoms with Gasteiger partial charge in [-0.25, -0.2) is 4.79 Å². The molecule has 1 aromatic heterocycles. The van der Waals surface area contributed by atoms with E-state index in [-0.39, 0.29) is 0 Å². The Morgan fingerprint density at radius 1 is 1.53 bits per heavy atom. The van der Waals surface area contributed by atoms with Crippen molar-refractivity contribution in [2.75, 3.05) is 6.61 Å². The number of hydrogen-bond donors (Lipinski definition) is 1. The van der Waals surface area contributed by atoms with E-state index < -0.39 is 17.5 Å². The fourth-order valence-electron chi connectivity index (χ4n) is 1.45. The number of unbranched alkanes of at least 4 members (excludes halogenated alkanes) is 2. The standard InChI is InChI=1S/C12H18N2O3/c1-3-5-6-9-17-11(4-2)14-8-7-10(15)13-12(14)16/h4,7-8,11H,2-3,5-6,9H2,1H3,(H,13,15,16). The van der Waals surface area contributed by atoms with Crippen LogP contribution in [0.5, 0.6) is 0 Å². The van der Waals surface area contributed by atoms with Crippen LogP contribution >= 0.6 is 0 Å². The summed E-state index contributed by atoms with van der Waals surface area (Å²) in [5, 5.41) is 0. The number of rotatable bonds is 7. The molecule has 94 valence electrons. The summed E-state index contributed by atoms with van der Waals surface area (Å²) in [6.07, 6.45) is 5.56. The Balaban J connectivity index is 2.69. The van der Waals surface area contributed by atoms with E-state index in [2.05, 4.69) is 18.5 Å². The maximum atomic E-state index is 11.5. The van der Waals surface area contributed by atoms with Crippen LogP contribution in [0.25, 0.3) is 0 Å². The van der Waals surface area contributed by atoms with Gasteiger partial charge in [-0.3, -0.25) is 14.3 Å². The van der Waals surface area contributed by atoms with E-state index in [1.807, 2.05) is 0 Å². The minimum Gasteiger partial charge on any atom is -0.354 e. The lowest BCUT2D eigenvalue weighted by molar-refractivity contribution is 0.0322. The molecule has 5 nitrogen and oxygen atoms in total. The van der Waals surface area contributed by atoms with Gasteiger partial charge in [0.1, 0.15) is 0 Å². The van der Waals surface area contributed by atoms with Crippen LogP contribution in [0.1, 0.15) is 32.4 Å². The molecule has 1 rings (SSSR count). The van der Waals surface area contributed by atoms with E-state index in [0.29, 0.717) is 6.61 Å². The van der Waals surface area contributed by atoms with Crippen molar-refractivity contribution in [3.63, 3.8) is 0 Å². The first-order valence-electron chi connectivity index (χ1n) is 5.74. The second kappa shape index (κ2) is 6.85. The maximum Gasteiger partial charge on any atom is 0.330 e. The van der Waals surface area contributed by atoms with Gasteiger partial charge in [-0.05, 0) is 12.5 Å². The minimum absolute atomic E-state index is 0.417. The van der Waals surface area contributed by atoms with Crippen LogP contribution < -0.4 is 11.2 Å². The van der Waals surface area contributed by atoms with Gasteiger partial charge < -0.3 is 4.74 Å². The van der Waals surface area contributed by atoms with Gasteiger partial charge in [-0.1, -0.05) is 26.3 Å². The third-order valence-corrected chi connectivity index (χ3v) is 2.36. The van der Waals surface area contributed by atoms with Gasteiger partial charge in [0.05, 0.1) is 0 Å². The van der Waals surface area contributed by atoms with Gasteiger partial charge in [0, 0.05) is 18.9 Å². The van der Waals surface area contributed by atoms with Gasteiger partial charge in [0.15, 0.2) is 6.23 Å². The van der Waals surface area contributed by atoms with E-state index in [4.69, 9.17) is 4.74 Å². The van der Waals surface area contributed by atoms with Crippen molar-refractivity contribution in [2.24, 2.45) is 0 Å². The molecule has 0 aliphatic heterocycles. The van der Waals surface area contributed by atoms with Crippen molar-refractivity contribution in [2.45, 2.75) is 32.4 Å². The summed E-state index contributed by atoms with van der Waals surface area (Å²) in [5.74, 6) is 0. The molecule has 0 aliphatic rings. The Kier molecular flexibility index (Phi) is 5.42. The van der Waals surface area contributed by atoms with Crippen molar-refractivity contribution in [3.05, 3.63) is 45.8 Å². The normalized spacial score (nSPS) is 12.3. The molecule has 0 fully saturated rings. The zero-order valence-electron chi connectivity index (χ0n) is 10.0. The molecule has 0 amide bonds. The lowest BCUT2D eigenvalue weighted by Gasteiger charge is -2.15. The monoisotopic (exact) mass is 238 g/mol. The van der Waals surface area contributed by atoms with E-state index in [1.165, 1.54) is 22.9 Å². The summed E-state index contributed by atoms with van der Waals surface area (Å²) in [4.78, 5) is 24.6. The molecular weight excluding hydrogens is 220 g/mol. The summed E-state index contributed by atoms with van der Waals surface area (Å²) in [6.45, 7) is 6.30. The van der Waals surface area contributed by atoms with Crippen LogP contribution in [0, 0.1) is 0 Å². The van der Waals surface area contributed by atoms with Crippen molar-refractivity contribution >= 4 is 0 Å². The zero-order valence-corrected chi connectivity index (χ0v) is 10.0. The summed E-state index contributed by atoms with van der Waals surface area (Å²) < 4.78 is 6.83. The predicted molar refractivity (Wildman–Crippen MR) is 66.0 cm³/mol. The van der Waals surface area contributed by atoms with Gasteiger partial charge in [-0.15, -0.1) is 0 Å². The largest absolute Gasteiger partial charge is 0.354 e. The fourth-order valence-corrected chi connectivity index (χ4v) is 1.45. The summed E-state index contributed by atoms with van der Waals surface area (Å²) >= 11 is 0. The van der Waals surface area contributed by atoms with Crippen LogP contribution in [0.15, 0.2) is 34.5 Å². The Bertz CT molecular complexity index is 461. The van der Waals surface area contributed by atoms with Crippen molar-refractivity contribution in [1.29, 1.82) is 0 Å². The molecule has 0 aromatic carbocycles. The highest BCUT2D eigenvalue weighted by Gasteiger charge is 2.08. The smallest absolute Gasteiger partial charge is 0.330 e. The Morgan fingerprint density at radius 2 is 2.29 bits per heavy atom. The number of nitrogens with zero attached hydrogens (tertiary/aromatic N) is 1. The molecule has 1 aromatic rings. The average molecular weight is 238 g/mol. The minimum atomic E-state index is -0.531. The van der Waals surface area contributed by atoms with Crippen LogP contribution in [-0.2, 0) is 4.74 Å². The maximum absolute atomic E-state index is 11.5. The summed E-state index contributed by atoms with van der Waals surface area (Å²) in [5.41, 5.74) is -0.905. The van der Waals surface area contributed by atoms with E-state index in [0.717, 1.165) is 19.3 Å². The molecule has 5 heteroatoms. The third kappa shape index (κ3) is 4.03. The fraction of sp³-hybridized carbons (Fsp3) is 0.500. The van der Waals surface area contributed by atoms with E-state index in [1.54, 1.807) is 0 Å². The highest BCUT2D eigenvalue weighted by Crippen LogP contribution is 2.07. The van der Waals surface area contributed by atoms with Crippen LogP contribution in [0.2, 0.25) is 0 Å². The first kappa shape index (κ1) is 13.4. The molecule has 1 unspecified atom stereocenters. The Hall–Kier alpha value is -1.62. The van der Waals surface area contributed by atoms with Gasteiger partial charge in [0.2, 0.25) is 0 Å². The number of ether oxygens (including phenoxy) is 1. The molecule has 0 aliphatic carbocycles. The molecule has 0 spiro atoms. The van der Waals surface area contributed by atoms with Crippen LogP contribution in [0.4, 0.5) is 0 Å². The average Bonchev–Trinajstić information content (AvgIpc) is 2.31. The molecular formula is C12H18N2O3. The SMILES string of the molecule is C=CC(OCCCCC)n1ccc(=O)[nH]c1=O. The molecule has 0 bridgehead atoms. The van der Waals surface area contributed by atoms with Crippen LogP contribution in [-0.4, -0.2) is 16.2 Å². The number of aromatic amines is 1. The summed E-state index contributed by atoms with van der Waals surface area (Å²) in [6, 6.07) is 1.29. The second-order valence-electron chi connectivity index (χ2n) is 3.72. The summed E-state index contributed by atoms with van der Waals surface area (Å²) in [7, 11) is 0. The number of nitrogens with one attached hydrogen (secondary N) is 1. The lowest BCUT2D eigenvalue weighted by Crippen LogP contribution is -2.31. The number of hydrogen-bond acceptors (Lipinski definition) is 3. The van der Waals surface area contributed by atoms with Gasteiger partial charge in [0.25, 0.3) is 5.56 Å². The molecule has 0 saturated carbocycles. The van der Waals surface area contributed by atoms with Crippen molar-refractivity contribution in [1.82, 2.24) is 9.55 Å². The quantitative estimate of drug-likeness (QED) is 0.577. The molecule has 1 atom stereocenters. The highest BCUT2D eigenvalue weighted by molar-refractivity contribution is 4.88. The lowest BCUT2D eigenvalue weighted by atomic mass is 10.3.